The number of nitrogens with zero attached hydrogens (tertiary/aromatic N) is 2. The van der Waals surface area contributed by atoms with Gasteiger partial charge in [0.1, 0.15) is 11.6 Å². The Morgan fingerprint density at radius 2 is 2.00 bits per heavy atom. The Labute approximate surface area is 127 Å². The summed E-state index contributed by atoms with van der Waals surface area (Å²) in [6.07, 6.45) is 1.74. The van der Waals surface area contributed by atoms with E-state index < -0.39 is 0 Å². The summed E-state index contributed by atoms with van der Waals surface area (Å²) in [5.74, 6) is 1.63. The average Bonchev–Trinajstić information content (AvgIpc) is 2.47. The number of rotatable bonds is 5. The summed E-state index contributed by atoms with van der Waals surface area (Å²) in [6, 6.07) is 9.79. The van der Waals surface area contributed by atoms with Gasteiger partial charge in [-0.05, 0) is 39.7 Å². The molecule has 0 amide bonds. The number of halogens is 1. The van der Waals surface area contributed by atoms with Crippen molar-refractivity contribution in [3.63, 3.8) is 0 Å². The number of anilines is 1. The van der Waals surface area contributed by atoms with Crippen molar-refractivity contribution in [1.29, 1.82) is 0 Å². The molecule has 0 aliphatic rings. The standard InChI is InChI=1S/C15H17BrN2O2/c1-18(9-11-3-5-14(20-2)6-4-11)15-12(10-19)7-13(16)8-17-15/h3-8,19H,9-10H2,1-2H3. The Balaban J connectivity index is 2.16. The maximum absolute atomic E-state index is 9.42. The lowest BCUT2D eigenvalue weighted by atomic mass is 10.2. The number of methoxy groups -OCH3 is 1. The molecule has 0 bridgehead atoms. The Morgan fingerprint density at radius 3 is 2.60 bits per heavy atom. The van der Waals surface area contributed by atoms with Crippen LogP contribution in [0.3, 0.4) is 0 Å². The predicted molar refractivity (Wildman–Crippen MR) is 83.0 cm³/mol. The number of ether oxygens (including phenoxy) is 1. The molecule has 0 unspecified atom stereocenters. The van der Waals surface area contributed by atoms with E-state index in [9.17, 15) is 5.11 Å². The topological polar surface area (TPSA) is 45.6 Å². The summed E-state index contributed by atoms with van der Waals surface area (Å²) in [6.45, 7) is 0.681. The van der Waals surface area contributed by atoms with Gasteiger partial charge in [0, 0.05) is 29.8 Å². The second kappa shape index (κ2) is 6.72. The molecule has 2 rings (SSSR count). The van der Waals surface area contributed by atoms with Crippen molar-refractivity contribution in [2.24, 2.45) is 0 Å². The molecule has 0 atom stereocenters. The van der Waals surface area contributed by atoms with Gasteiger partial charge in [-0.1, -0.05) is 12.1 Å². The fourth-order valence-corrected chi connectivity index (χ4v) is 2.39. The SMILES string of the molecule is COc1ccc(CN(C)c2ncc(Br)cc2CO)cc1. The Hall–Kier alpha value is -1.59. The highest BCUT2D eigenvalue weighted by Crippen LogP contribution is 2.22. The molecular formula is C15H17BrN2O2. The van der Waals surface area contributed by atoms with Crippen LogP contribution < -0.4 is 9.64 Å². The number of hydrogen-bond acceptors (Lipinski definition) is 4. The van der Waals surface area contributed by atoms with Crippen molar-refractivity contribution in [2.45, 2.75) is 13.2 Å². The number of aliphatic hydroxyl groups is 1. The molecule has 20 heavy (non-hydrogen) atoms. The lowest BCUT2D eigenvalue weighted by Crippen LogP contribution is -2.19. The van der Waals surface area contributed by atoms with Gasteiger partial charge in [-0.25, -0.2) is 4.98 Å². The molecule has 2 aromatic rings. The molecule has 0 saturated carbocycles. The van der Waals surface area contributed by atoms with Gasteiger partial charge in [0.15, 0.2) is 0 Å². The fraction of sp³-hybridized carbons (Fsp3) is 0.267. The van der Waals surface area contributed by atoms with Gasteiger partial charge in [-0.3, -0.25) is 0 Å². The minimum atomic E-state index is -0.0330. The van der Waals surface area contributed by atoms with Crippen molar-refractivity contribution in [2.75, 3.05) is 19.1 Å². The molecule has 5 heteroatoms. The fourth-order valence-electron chi connectivity index (χ4n) is 2.01. The Morgan fingerprint density at radius 1 is 1.30 bits per heavy atom. The molecule has 1 N–H and O–H groups in total. The zero-order chi connectivity index (χ0) is 14.5. The molecule has 0 spiro atoms. The molecule has 0 aliphatic carbocycles. The first kappa shape index (κ1) is 14.8. The maximum Gasteiger partial charge on any atom is 0.134 e. The monoisotopic (exact) mass is 336 g/mol. The normalized spacial score (nSPS) is 10.4. The molecule has 0 saturated heterocycles. The Kier molecular flexibility index (Phi) is 4.98. The third-order valence-electron chi connectivity index (χ3n) is 3.02. The van der Waals surface area contributed by atoms with E-state index >= 15 is 0 Å². The zero-order valence-corrected chi connectivity index (χ0v) is 13.1. The third kappa shape index (κ3) is 3.49. The van der Waals surface area contributed by atoms with Crippen LogP contribution in [0.2, 0.25) is 0 Å². The summed E-state index contributed by atoms with van der Waals surface area (Å²) in [5, 5.41) is 9.42. The summed E-state index contributed by atoms with van der Waals surface area (Å²) < 4.78 is 6.01. The molecule has 0 aliphatic heterocycles. The van der Waals surface area contributed by atoms with Crippen LogP contribution in [-0.4, -0.2) is 24.2 Å². The van der Waals surface area contributed by atoms with Crippen LogP contribution in [0.5, 0.6) is 5.75 Å². The largest absolute Gasteiger partial charge is 0.497 e. The molecule has 1 aromatic heterocycles. The van der Waals surface area contributed by atoms with Crippen molar-refractivity contribution >= 4 is 21.7 Å². The first-order chi connectivity index (χ1) is 9.63. The lowest BCUT2D eigenvalue weighted by molar-refractivity contribution is 0.281. The number of hydrogen-bond donors (Lipinski definition) is 1. The van der Waals surface area contributed by atoms with Crippen molar-refractivity contribution < 1.29 is 9.84 Å². The highest BCUT2D eigenvalue weighted by molar-refractivity contribution is 9.10. The summed E-state index contributed by atoms with van der Waals surface area (Å²) in [7, 11) is 3.61. The number of pyridine rings is 1. The Bertz CT molecular complexity index is 573. The maximum atomic E-state index is 9.42. The van der Waals surface area contributed by atoms with E-state index in [0.29, 0.717) is 6.54 Å². The van der Waals surface area contributed by atoms with E-state index in [1.165, 1.54) is 0 Å². The number of aromatic nitrogens is 1. The van der Waals surface area contributed by atoms with E-state index in [4.69, 9.17) is 4.74 Å². The molecule has 4 nitrogen and oxygen atoms in total. The van der Waals surface area contributed by atoms with Crippen LogP contribution in [0.15, 0.2) is 41.0 Å². The van der Waals surface area contributed by atoms with Gasteiger partial charge in [0.25, 0.3) is 0 Å². The van der Waals surface area contributed by atoms with Crippen LogP contribution in [-0.2, 0) is 13.2 Å². The highest BCUT2D eigenvalue weighted by atomic mass is 79.9. The van der Waals surface area contributed by atoms with Gasteiger partial charge in [-0.2, -0.15) is 0 Å². The van der Waals surface area contributed by atoms with E-state index in [1.807, 2.05) is 42.3 Å². The van der Waals surface area contributed by atoms with Gasteiger partial charge in [0.2, 0.25) is 0 Å². The second-order valence-electron chi connectivity index (χ2n) is 4.50. The van der Waals surface area contributed by atoms with Gasteiger partial charge >= 0.3 is 0 Å². The molecule has 0 radical (unpaired) electrons. The predicted octanol–water partition coefficient (Wildman–Crippen LogP) is 2.98. The van der Waals surface area contributed by atoms with Crippen LogP contribution in [0.1, 0.15) is 11.1 Å². The first-order valence-corrected chi connectivity index (χ1v) is 7.02. The van der Waals surface area contributed by atoms with Crippen molar-refractivity contribution in [1.82, 2.24) is 4.98 Å². The molecule has 1 heterocycles. The second-order valence-corrected chi connectivity index (χ2v) is 5.41. The summed E-state index contributed by atoms with van der Waals surface area (Å²) >= 11 is 3.36. The first-order valence-electron chi connectivity index (χ1n) is 6.23. The smallest absolute Gasteiger partial charge is 0.134 e. The molecule has 106 valence electrons. The number of aliphatic hydroxyl groups excluding tert-OH is 1. The molecule has 0 fully saturated rings. The van der Waals surface area contributed by atoms with Crippen LogP contribution in [0.4, 0.5) is 5.82 Å². The van der Waals surface area contributed by atoms with Crippen LogP contribution in [0.25, 0.3) is 0 Å². The van der Waals surface area contributed by atoms with Crippen molar-refractivity contribution in [3.05, 3.63) is 52.1 Å². The van der Waals surface area contributed by atoms with Gasteiger partial charge < -0.3 is 14.7 Å². The highest BCUT2D eigenvalue weighted by Gasteiger charge is 2.10. The minimum Gasteiger partial charge on any atom is -0.497 e. The molecule has 1 aromatic carbocycles. The zero-order valence-electron chi connectivity index (χ0n) is 11.5. The lowest BCUT2D eigenvalue weighted by Gasteiger charge is -2.21. The van der Waals surface area contributed by atoms with Crippen LogP contribution >= 0.6 is 15.9 Å². The summed E-state index contributed by atoms with van der Waals surface area (Å²) in [5.41, 5.74) is 1.96. The summed E-state index contributed by atoms with van der Waals surface area (Å²) in [4.78, 5) is 6.39. The van der Waals surface area contributed by atoms with E-state index in [-0.39, 0.29) is 6.61 Å². The van der Waals surface area contributed by atoms with Crippen molar-refractivity contribution in [3.8, 4) is 5.75 Å². The van der Waals surface area contributed by atoms with Crippen LogP contribution in [0, 0.1) is 0 Å². The molecular weight excluding hydrogens is 320 g/mol. The van der Waals surface area contributed by atoms with E-state index in [0.717, 1.165) is 27.2 Å². The quantitative estimate of drug-likeness (QED) is 0.911. The van der Waals surface area contributed by atoms with Gasteiger partial charge in [-0.15, -0.1) is 0 Å². The average molecular weight is 337 g/mol. The third-order valence-corrected chi connectivity index (χ3v) is 3.45. The van der Waals surface area contributed by atoms with E-state index in [1.54, 1.807) is 13.3 Å². The van der Waals surface area contributed by atoms with Gasteiger partial charge in [0.05, 0.1) is 13.7 Å². The minimum absolute atomic E-state index is 0.0330. The van der Waals surface area contributed by atoms with E-state index in [2.05, 4.69) is 20.9 Å². The number of benzene rings is 1.